The molecule has 0 unspecified atom stereocenters. The van der Waals surface area contributed by atoms with Crippen LogP contribution < -0.4 is 9.62 Å². The van der Waals surface area contributed by atoms with Crippen molar-refractivity contribution in [1.29, 1.82) is 0 Å². The van der Waals surface area contributed by atoms with Gasteiger partial charge in [0, 0.05) is 18.1 Å². The summed E-state index contributed by atoms with van der Waals surface area (Å²) in [6.45, 7) is 6.92. The number of likely N-dealkylation sites (N-methyl/N-ethyl adjacent to an activating group) is 1. The predicted octanol–water partition coefficient (Wildman–Crippen LogP) is 4.73. The second-order valence-electron chi connectivity index (χ2n) is 9.06. The van der Waals surface area contributed by atoms with E-state index in [0.717, 1.165) is 31.0 Å². The Kier molecular flexibility index (Phi) is 9.15. The van der Waals surface area contributed by atoms with Gasteiger partial charge in [0.25, 0.3) is 10.0 Å². The number of anilines is 1. The Morgan fingerprint density at radius 3 is 2.19 bits per heavy atom. The van der Waals surface area contributed by atoms with E-state index in [1.165, 1.54) is 24.1 Å². The number of benzene rings is 3. The zero-order valence-corrected chi connectivity index (χ0v) is 24.1. The Balaban J connectivity index is 2.07. The predicted molar refractivity (Wildman–Crippen MR) is 150 cm³/mol. The van der Waals surface area contributed by atoms with Crippen LogP contribution in [0.3, 0.4) is 0 Å². The third-order valence-corrected chi connectivity index (χ3v) is 8.43. The van der Waals surface area contributed by atoms with E-state index in [0.29, 0.717) is 5.69 Å². The Labute approximate surface area is 227 Å². The van der Waals surface area contributed by atoms with Crippen molar-refractivity contribution in [3.63, 3.8) is 0 Å². The minimum Gasteiger partial charge on any atom is -0.357 e. The average Bonchev–Trinajstić information content (AvgIpc) is 2.85. The standard InChI is InChI=1S/C28H32BrN3O4S/c1-19-9-12-25(13-10-19)37(35,36)32(26-14-11-20(2)15-21(26)3)18-27(33)31(22(4)28(34)30-5)17-23-7-6-8-24(29)16-23/h6-16,22H,17-18H2,1-5H3,(H,30,34)/t22-/m0/s1. The molecular weight excluding hydrogens is 554 g/mol. The smallest absolute Gasteiger partial charge is 0.264 e. The van der Waals surface area contributed by atoms with Crippen molar-refractivity contribution >= 4 is 43.5 Å². The quantitative estimate of drug-likeness (QED) is 0.393. The van der Waals surface area contributed by atoms with Crippen molar-refractivity contribution < 1.29 is 18.0 Å². The molecule has 0 saturated carbocycles. The highest BCUT2D eigenvalue weighted by atomic mass is 79.9. The van der Waals surface area contributed by atoms with E-state index >= 15 is 0 Å². The summed E-state index contributed by atoms with van der Waals surface area (Å²) in [5.74, 6) is -0.838. The van der Waals surface area contributed by atoms with Crippen molar-refractivity contribution in [3.05, 3.63) is 93.5 Å². The monoisotopic (exact) mass is 585 g/mol. The first-order valence-electron chi connectivity index (χ1n) is 11.9. The van der Waals surface area contributed by atoms with Crippen LogP contribution in [0.2, 0.25) is 0 Å². The minimum atomic E-state index is -4.09. The number of nitrogens with zero attached hydrogens (tertiary/aromatic N) is 2. The number of hydrogen-bond acceptors (Lipinski definition) is 4. The molecule has 196 valence electrons. The van der Waals surface area contributed by atoms with Gasteiger partial charge in [-0.2, -0.15) is 0 Å². The molecule has 0 heterocycles. The first kappa shape index (κ1) is 28.4. The lowest BCUT2D eigenvalue weighted by Gasteiger charge is -2.32. The lowest BCUT2D eigenvalue weighted by atomic mass is 10.1. The summed E-state index contributed by atoms with van der Waals surface area (Å²) in [4.78, 5) is 27.9. The molecule has 2 amide bonds. The highest BCUT2D eigenvalue weighted by Gasteiger charge is 2.33. The summed E-state index contributed by atoms with van der Waals surface area (Å²) in [6, 6.07) is 18.5. The van der Waals surface area contributed by atoms with Crippen LogP contribution in [-0.4, -0.2) is 44.8 Å². The normalized spacial score (nSPS) is 12.1. The molecule has 1 atom stereocenters. The Morgan fingerprint density at radius 2 is 1.59 bits per heavy atom. The van der Waals surface area contributed by atoms with Crippen molar-refractivity contribution in [2.45, 2.75) is 45.2 Å². The summed E-state index contributed by atoms with van der Waals surface area (Å²) in [5, 5.41) is 2.59. The maximum atomic E-state index is 13.9. The molecule has 0 aliphatic heterocycles. The Morgan fingerprint density at radius 1 is 0.946 bits per heavy atom. The van der Waals surface area contributed by atoms with E-state index < -0.39 is 28.5 Å². The molecule has 0 spiro atoms. The highest BCUT2D eigenvalue weighted by molar-refractivity contribution is 9.10. The van der Waals surface area contributed by atoms with Crippen LogP contribution >= 0.6 is 15.9 Å². The van der Waals surface area contributed by atoms with Gasteiger partial charge < -0.3 is 10.2 Å². The third kappa shape index (κ3) is 6.78. The van der Waals surface area contributed by atoms with Gasteiger partial charge in [0.2, 0.25) is 11.8 Å². The summed E-state index contributed by atoms with van der Waals surface area (Å²) < 4.78 is 29.7. The third-order valence-electron chi connectivity index (χ3n) is 6.16. The number of carbonyl (C=O) groups excluding carboxylic acids is 2. The van der Waals surface area contributed by atoms with Gasteiger partial charge in [0.15, 0.2) is 0 Å². The van der Waals surface area contributed by atoms with E-state index in [4.69, 9.17) is 0 Å². The molecule has 7 nitrogen and oxygen atoms in total. The average molecular weight is 587 g/mol. The molecule has 0 fully saturated rings. The molecule has 3 aromatic rings. The zero-order valence-electron chi connectivity index (χ0n) is 21.7. The van der Waals surface area contributed by atoms with Gasteiger partial charge in [-0.1, -0.05) is 63.5 Å². The van der Waals surface area contributed by atoms with Gasteiger partial charge >= 0.3 is 0 Å². The van der Waals surface area contributed by atoms with Crippen LogP contribution in [0.5, 0.6) is 0 Å². The molecule has 9 heteroatoms. The summed E-state index contributed by atoms with van der Waals surface area (Å²) >= 11 is 3.44. The maximum Gasteiger partial charge on any atom is 0.264 e. The number of hydrogen-bond donors (Lipinski definition) is 1. The number of aryl methyl sites for hydroxylation is 3. The van der Waals surface area contributed by atoms with E-state index in [9.17, 15) is 18.0 Å². The topological polar surface area (TPSA) is 86.8 Å². The van der Waals surface area contributed by atoms with Crippen LogP contribution in [0.4, 0.5) is 5.69 Å². The fourth-order valence-corrected chi connectivity index (χ4v) is 5.98. The second kappa shape index (κ2) is 11.9. The van der Waals surface area contributed by atoms with Gasteiger partial charge in [-0.25, -0.2) is 8.42 Å². The fourth-order valence-electron chi connectivity index (χ4n) is 4.06. The Hall–Kier alpha value is -3.17. The van der Waals surface area contributed by atoms with Gasteiger partial charge in [0.05, 0.1) is 10.6 Å². The van der Waals surface area contributed by atoms with E-state index in [1.807, 2.05) is 57.2 Å². The van der Waals surface area contributed by atoms with E-state index in [2.05, 4.69) is 21.2 Å². The maximum absolute atomic E-state index is 13.9. The van der Waals surface area contributed by atoms with Crippen LogP contribution in [-0.2, 0) is 26.2 Å². The molecule has 0 bridgehead atoms. The van der Waals surface area contributed by atoms with Crippen LogP contribution in [0.15, 0.2) is 76.1 Å². The van der Waals surface area contributed by atoms with Crippen LogP contribution in [0, 0.1) is 20.8 Å². The SMILES string of the molecule is CNC(=O)[C@H](C)N(Cc1cccc(Br)c1)C(=O)CN(c1ccc(C)cc1C)S(=O)(=O)c1ccc(C)cc1. The summed E-state index contributed by atoms with van der Waals surface area (Å²) in [6.07, 6.45) is 0. The highest BCUT2D eigenvalue weighted by Crippen LogP contribution is 2.28. The van der Waals surface area contributed by atoms with Gasteiger partial charge in [-0.15, -0.1) is 0 Å². The fraction of sp³-hybridized carbons (Fsp3) is 0.286. The first-order valence-corrected chi connectivity index (χ1v) is 14.1. The summed E-state index contributed by atoms with van der Waals surface area (Å²) in [7, 11) is -2.58. The Bertz CT molecular complexity index is 1390. The first-order chi connectivity index (χ1) is 17.4. The van der Waals surface area contributed by atoms with Crippen molar-refractivity contribution in [3.8, 4) is 0 Å². The lowest BCUT2D eigenvalue weighted by Crippen LogP contribution is -2.50. The number of halogens is 1. The molecule has 0 radical (unpaired) electrons. The summed E-state index contributed by atoms with van der Waals surface area (Å²) in [5.41, 5.74) is 3.84. The molecule has 37 heavy (non-hydrogen) atoms. The lowest BCUT2D eigenvalue weighted by molar-refractivity contribution is -0.139. The van der Waals surface area contributed by atoms with Crippen molar-refractivity contribution in [2.24, 2.45) is 0 Å². The van der Waals surface area contributed by atoms with E-state index in [1.54, 1.807) is 25.1 Å². The van der Waals surface area contributed by atoms with E-state index in [-0.39, 0.29) is 17.3 Å². The van der Waals surface area contributed by atoms with Crippen molar-refractivity contribution in [1.82, 2.24) is 10.2 Å². The number of sulfonamides is 1. The number of nitrogens with one attached hydrogen (secondary N) is 1. The zero-order chi connectivity index (χ0) is 27.3. The van der Waals surface area contributed by atoms with Crippen LogP contribution in [0.25, 0.3) is 0 Å². The van der Waals surface area contributed by atoms with Gasteiger partial charge in [-0.3, -0.25) is 13.9 Å². The molecule has 0 aliphatic carbocycles. The largest absolute Gasteiger partial charge is 0.357 e. The van der Waals surface area contributed by atoms with Crippen LogP contribution in [0.1, 0.15) is 29.2 Å². The second-order valence-corrected chi connectivity index (χ2v) is 11.8. The molecule has 0 aromatic heterocycles. The van der Waals surface area contributed by atoms with Gasteiger partial charge in [0.1, 0.15) is 12.6 Å². The molecule has 3 rings (SSSR count). The van der Waals surface area contributed by atoms with Gasteiger partial charge in [-0.05, 0) is 69.2 Å². The molecule has 0 saturated heterocycles. The molecular formula is C28H32BrN3O4S. The number of amides is 2. The number of rotatable bonds is 9. The molecule has 3 aromatic carbocycles. The van der Waals surface area contributed by atoms with Crippen molar-refractivity contribution in [2.75, 3.05) is 17.9 Å². The number of carbonyl (C=O) groups is 2. The molecule has 0 aliphatic rings. The molecule has 1 N–H and O–H groups in total. The minimum absolute atomic E-state index is 0.0868.